The average Bonchev–Trinajstić information content (AvgIpc) is 2.54. The summed E-state index contributed by atoms with van der Waals surface area (Å²) >= 11 is 3.44. The Morgan fingerprint density at radius 2 is 2.14 bits per heavy atom. The van der Waals surface area contributed by atoms with Crippen LogP contribution in [0.4, 0.5) is 0 Å². The zero-order chi connectivity index (χ0) is 15.9. The third kappa shape index (κ3) is 4.58. The molecule has 1 amide bonds. The first-order valence-electron chi connectivity index (χ1n) is 7.77. The number of carbonyl (C=O) groups excluding carboxylic acids is 1. The first-order valence-corrected chi connectivity index (χ1v) is 8.56. The highest BCUT2D eigenvalue weighted by Gasteiger charge is 2.17. The van der Waals surface area contributed by atoms with E-state index in [0.717, 1.165) is 41.8 Å². The number of fused-ring (bicyclic) bond motifs is 1. The first kappa shape index (κ1) is 17.0. The van der Waals surface area contributed by atoms with Gasteiger partial charge in [-0.2, -0.15) is 0 Å². The maximum Gasteiger partial charge on any atom is 0.250 e. The Hall–Kier alpha value is -1.33. The molecular formula is C17H23BrN2O2. The second-order valence-electron chi connectivity index (χ2n) is 5.28. The predicted molar refractivity (Wildman–Crippen MR) is 93.0 cm³/mol. The normalized spacial score (nSPS) is 13.4. The van der Waals surface area contributed by atoms with Gasteiger partial charge in [0.15, 0.2) is 0 Å². The van der Waals surface area contributed by atoms with Crippen molar-refractivity contribution in [1.29, 1.82) is 0 Å². The lowest BCUT2D eigenvalue weighted by Gasteiger charge is -2.19. The minimum Gasteiger partial charge on any atom is -0.488 e. The molecule has 1 N–H and O–H groups in total. The van der Waals surface area contributed by atoms with Gasteiger partial charge in [0.25, 0.3) is 5.91 Å². The second kappa shape index (κ2) is 8.34. The molecular weight excluding hydrogens is 344 g/mol. The van der Waals surface area contributed by atoms with Crippen molar-refractivity contribution in [2.24, 2.45) is 0 Å². The molecule has 0 aromatic heterocycles. The van der Waals surface area contributed by atoms with Gasteiger partial charge >= 0.3 is 0 Å². The summed E-state index contributed by atoms with van der Waals surface area (Å²) in [6, 6.07) is 5.81. The van der Waals surface area contributed by atoms with E-state index in [1.807, 2.05) is 24.3 Å². The molecule has 4 nitrogen and oxygen atoms in total. The maximum atomic E-state index is 12.2. The van der Waals surface area contributed by atoms with E-state index in [0.29, 0.717) is 18.7 Å². The summed E-state index contributed by atoms with van der Waals surface area (Å²) in [6.45, 7) is 8.45. The van der Waals surface area contributed by atoms with Crippen LogP contribution in [0, 0.1) is 0 Å². The zero-order valence-electron chi connectivity index (χ0n) is 13.2. The number of nitrogens with one attached hydrogen (secondary N) is 1. The van der Waals surface area contributed by atoms with E-state index in [2.05, 4.69) is 40.0 Å². The van der Waals surface area contributed by atoms with E-state index >= 15 is 0 Å². The SMILES string of the molecule is CCN(CC)CCCNC(=O)C1=Cc2cc(Br)ccc2OC1. The standard InChI is InChI=1S/C17H23BrN2O2/c1-3-20(4-2)9-5-8-19-17(21)14-10-13-11-15(18)6-7-16(13)22-12-14/h6-7,10-11H,3-5,8-9,12H2,1-2H3,(H,19,21). The van der Waals surface area contributed by atoms with E-state index in [4.69, 9.17) is 4.74 Å². The summed E-state index contributed by atoms with van der Waals surface area (Å²) in [7, 11) is 0. The Morgan fingerprint density at radius 3 is 2.86 bits per heavy atom. The van der Waals surface area contributed by atoms with Crippen LogP contribution < -0.4 is 10.1 Å². The molecule has 1 aromatic rings. The second-order valence-corrected chi connectivity index (χ2v) is 6.19. The zero-order valence-corrected chi connectivity index (χ0v) is 14.8. The van der Waals surface area contributed by atoms with Crippen molar-refractivity contribution < 1.29 is 9.53 Å². The van der Waals surface area contributed by atoms with E-state index in [1.165, 1.54) is 0 Å². The molecule has 0 bridgehead atoms. The van der Waals surface area contributed by atoms with Gasteiger partial charge in [-0.15, -0.1) is 0 Å². The number of hydrogen-bond donors (Lipinski definition) is 1. The van der Waals surface area contributed by atoms with Crippen molar-refractivity contribution in [2.45, 2.75) is 20.3 Å². The van der Waals surface area contributed by atoms with Gasteiger partial charge in [-0.05, 0) is 50.3 Å². The first-order chi connectivity index (χ1) is 10.6. The van der Waals surface area contributed by atoms with E-state index in [9.17, 15) is 4.79 Å². The van der Waals surface area contributed by atoms with Gasteiger partial charge in [-0.3, -0.25) is 4.79 Å². The van der Waals surface area contributed by atoms with Gasteiger partial charge < -0.3 is 15.0 Å². The number of benzene rings is 1. The Kier molecular flexibility index (Phi) is 6.46. The summed E-state index contributed by atoms with van der Waals surface area (Å²) in [5, 5.41) is 2.98. The summed E-state index contributed by atoms with van der Waals surface area (Å²) in [4.78, 5) is 14.5. The van der Waals surface area contributed by atoms with Crippen molar-refractivity contribution in [1.82, 2.24) is 10.2 Å². The third-order valence-electron chi connectivity index (χ3n) is 3.81. The Bertz CT molecular complexity index is 554. The maximum absolute atomic E-state index is 12.2. The monoisotopic (exact) mass is 366 g/mol. The van der Waals surface area contributed by atoms with Crippen LogP contribution in [0.25, 0.3) is 6.08 Å². The summed E-state index contributed by atoms with van der Waals surface area (Å²) in [5.74, 6) is 0.784. The fourth-order valence-corrected chi connectivity index (χ4v) is 2.82. The molecule has 22 heavy (non-hydrogen) atoms. The third-order valence-corrected chi connectivity index (χ3v) is 4.30. The Labute approximate surface area is 140 Å². The van der Waals surface area contributed by atoms with Crippen LogP contribution in [0.1, 0.15) is 25.8 Å². The highest BCUT2D eigenvalue weighted by Crippen LogP contribution is 2.29. The minimum absolute atomic E-state index is 0.0369. The fourth-order valence-electron chi connectivity index (χ4n) is 2.44. The molecule has 0 radical (unpaired) electrons. The van der Waals surface area contributed by atoms with Gasteiger partial charge in [-0.1, -0.05) is 29.8 Å². The smallest absolute Gasteiger partial charge is 0.250 e. The molecule has 1 aromatic carbocycles. The molecule has 0 atom stereocenters. The highest BCUT2D eigenvalue weighted by atomic mass is 79.9. The molecule has 0 aliphatic carbocycles. The highest BCUT2D eigenvalue weighted by molar-refractivity contribution is 9.10. The number of amides is 1. The topological polar surface area (TPSA) is 41.6 Å². The van der Waals surface area contributed by atoms with Gasteiger partial charge in [0.1, 0.15) is 12.4 Å². The van der Waals surface area contributed by atoms with Crippen LogP contribution in [-0.4, -0.2) is 43.6 Å². The molecule has 0 spiro atoms. The molecule has 2 rings (SSSR count). The van der Waals surface area contributed by atoms with Crippen molar-refractivity contribution in [3.63, 3.8) is 0 Å². The van der Waals surface area contributed by atoms with Crippen molar-refractivity contribution in [3.8, 4) is 5.75 Å². The largest absolute Gasteiger partial charge is 0.488 e. The lowest BCUT2D eigenvalue weighted by molar-refractivity contribution is -0.117. The van der Waals surface area contributed by atoms with Gasteiger partial charge in [0, 0.05) is 16.6 Å². The fraction of sp³-hybridized carbons (Fsp3) is 0.471. The van der Waals surface area contributed by atoms with Crippen molar-refractivity contribution in [2.75, 3.05) is 32.8 Å². The molecule has 120 valence electrons. The van der Waals surface area contributed by atoms with Crippen LogP contribution in [0.15, 0.2) is 28.2 Å². The van der Waals surface area contributed by atoms with Crippen LogP contribution in [-0.2, 0) is 4.79 Å². The predicted octanol–water partition coefficient (Wildman–Crippen LogP) is 3.07. The van der Waals surface area contributed by atoms with Gasteiger partial charge in [-0.25, -0.2) is 0 Å². The van der Waals surface area contributed by atoms with Gasteiger partial charge in [0.05, 0.1) is 5.57 Å². The number of hydrogen-bond acceptors (Lipinski definition) is 3. The summed E-state index contributed by atoms with van der Waals surface area (Å²) in [6.07, 6.45) is 2.87. The number of nitrogens with zero attached hydrogens (tertiary/aromatic N) is 1. The molecule has 1 aliphatic rings. The van der Waals surface area contributed by atoms with Crippen molar-refractivity contribution >= 4 is 27.9 Å². The minimum atomic E-state index is -0.0369. The lowest BCUT2D eigenvalue weighted by atomic mass is 10.1. The Morgan fingerprint density at radius 1 is 1.36 bits per heavy atom. The molecule has 5 heteroatoms. The number of carbonyl (C=O) groups is 1. The van der Waals surface area contributed by atoms with E-state index < -0.39 is 0 Å². The number of ether oxygens (including phenoxy) is 1. The summed E-state index contributed by atoms with van der Waals surface area (Å²) in [5.41, 5.74) is 1.61. The van der Waals surface area contributed by atoms with Gasteiger partial charge in [0.2, 0.25) is 0 Å². The summed E-state index contributed by atoms with van der Waals surface area (Å²) < 4.78 is 6.61. The average molecular weight is 367 g/mol. The van der Waals surface area contributed by atoms with Crippen LogP contribution in [0.5, 0.6) is 5.75 Å². The molecule has 0 fully saturated rings. The molecule has 1 heterocycles. The van der Waals surface area contributed by atoms with Crippen LogP contribution in [0.2, 0.25) is 0 Å². The lowest BCUT2D eigenvalue weighted by Crippen LogP contribution is -2.32. The number of rotatable bonds is 7. The quantitative estimate of drug-likeness (QED) is 0.754. The molecule has 0 saturated carbocycles. The molecule has 1 aliphatic heterocycles. The van der Waals surface area contributed by atoms with Crippen LogP contribution in [0.3, 0.4) is 0 Å². The van der Waals surface area contributed by atoms with E-state index in [1.54, 1.807) is 0 Å². The van der Waals surface area contributed by atoms with Crippen LogP contribution >= 0.6 is 15.9 Å². The molecule has 0 unspecified atom stereocenters. The number of halogens is 1. The molecule has 0 saturated heterocycles. The van der Waals surface area contributed by atoms with Crippen molar-refractivity contribution in [3.05, 3.63) is 33.8 Å². The van der Waals surface area contributed by atoms with E-state index in [-0.39, 0.29) is 5.91 Å². The Balaban J connectivity index is 1.86.